The van der Waals surface area contributed by atoms with Crippen LogP contribution in [0, 0.1) is 12.3 Å². The Morgan fingerprint density at radius 1 is 1.10 bits per heavy atom. The number of piperidine rings is 1. The van der Waals surface area contributed by atoms with E-state index in [0.717, 1.165) is 42.4 Å². The van der Waals surface area contributed by atoms with Gasteiger partial charge in [0, 0.05) is 34.8 Å². The molecule has 1 aliphatic heterocycles. The fourth-order valence-electron chi connectivity index (χ4n) is 5.89. The number of aromatic nitrogens is 2. The Bertz CT molecular complexity index is 1520. The minimum Gasteiger partial charge on any atom is -0.465 e. The molecule has 2 aromatic carbocycles. The molecule has 4 rings (SSSR count). The van der Waals surface area contributed by atoms with Crippen molar-refractivity contribution in [2.75, 3.05) is 0 Å². The highest BCUT2D eigenvalue weighted by Crippen LogP contribution is 2.26. The van der Waals surface area contributed by atoms with E-state index in [1.165, 1.54) is 0 Å². The van der Waals surface area contributed by atoms with Gasteiger partial charge in [0.25, 0.3) is 5.56 Å². The quantitative estimate of drug-likeness (QED) is 0.236. The molecule has 0 aliphatic carbocycles. The molecule has 42 heavy (non-hydrogen) atoms. The predicted molar refractivity (Wildman–Crippen MR) is 164 cm³/mol. The zero-order chi connectivity index (χ0) is 30.6. The van der Waals surface area contributed by atoms with Crippen LogP contribution >= 0.6 is 0 Å². The van der Waals surface area contributed by atoms with Crippen molar-refractivity contribution < 1.29 is 14.7 Å². The highest BCUT2D eigenvalue weighted by molar-refractivity contribution is 6.08. The number of carboxylic acid groups (broad SMARTS) is 1. The Morgan fingerprint density at radius 2 is 1.74 bits per heavy atom. The first-order valence-corrected chi connectivity index (χ1v) is 14.7. The number of nitrogens with one attached hydrogen (secondary N) is 2. The molecule has 2 heterocycles. The van der Waals surface area contributed by atoms with Gasteiger partial charge in [-0.3, -0.25) is 24.9 Å². The van der Waals surface area contributed by atoms with E-state index in [-0.39, 0.29) is 41.7 Å². The summed E-state index contributed by atoms with van der Waals surface area (Å²) in [7, 11) is 0. The molecule has 1 aromatic heterocycles. The number of hydrogen-bond donors (Lipinski definition) is 3. The van der Waals surface area contributed by atoms with E-state index in [0.29, 0.717) is 29.2 Å². The van der Waals surface area contributed by atoms with Gasteiger partial charge < -0.3 is 10.0 Å². The number of nitrogens with zero attached hydrogens (tertiary/aromatic N) is 3. The van der Waals surface area contributed by atoms with Crippen molar-refractivity contribution in [1.82, 2.24) is 19.8 Å². The third-order valence-corrected chi connectivity index (χ3v) is 8.40. The van der Waals surface area contributed by atoms with Crippen LogP contribution in [0.2, 0.25) is 0 Å². The van der Waals surface area contributed by atoms with Crippen LogP contribution in [0.1, 0.15) is 87.5 Å². The second-order valence-electron chi connectivity index (χ2n) is 11.4. The van der Waals surface area contributed by atoms with Gasteiger partial charge in [-0.05, 0) is 63.1 Å². The lowest BCUT2D eigenvalue weighted by atomic mass is 9.96. The summed E-state index contributed by atoms with van der Waals surface area (Å²) in [6, 6.07) is 15.1. The molecule has 3 aromatic rings. The fraction of sp³-hybridized carbons (Fsp3) is 0.424. The number of rotatable bonds is 8. The average molecular weight is 572 g/mol. The highest BCUT2D eigenvalue weighted by atomic mass is 16.4. The Morgan fingerprint density at radius 3 is 2.36 bits per heavy atom. The molecule has 9 nitrogen and oxygen atoms in total. The molecule has 1 aliphatic rings. The van der Waals surface area contributed by atoms with E-state index in [2.05, 4.69) is 33.0 Å². The smallest absolute Gasteiger partial charge is 0.410 e. The van der Waals surface area contributed by atoms with Crippen molar-refractivity contribution in [2.45, 2.75) is 91.3 Å². The van der Waals surface area contributed by atoms with E-state index in [9.17, 15) is 14.4 Å². The number of hydrogen-bond acceptors (Lipinski definition) is 5. The third kappa shape index (κ3) is 6.61. The van der Waals surface area contributed by atoms with Crippen molar-refractivity contribution in [2.24, 2.45) is 0 Å². The van der Waals surface area contributed by atoms with E-state index in [1.807, 2.05) is 48.2 Å². The number of amidine groups is 1. The first-order chi connectivity index (χ1) is 20.0. The van der Waals surface area contributed by atoms with E-state index >= 15 is 0 Å². The Balaban J connectivity index is 1.66. The largest absolute Gasteiger partial charge is 0.465 e. The number of benzene rings is 2. The van der Waals surface area contributed by atoms with Crippen molar-refractivity contribution in [3.8, 4) is 11.1 Å². The van der Waals surface area contributed by atoms with Gasteiger partial charge >= 0.3 is 6.09 Å². The number of carbonyl (C=O) groups is 2. The molecule has 2 amide bonds. The molecule has 3 N–H and O–H groups in total. The third-order valence-electron chi connectivity index (χ3n) is 8.40. The second-order valence-corrected chi connectivity index (χ2v) is 11.4. The number of carbonyl (C=O) groups excluding carboxylic acids is 1. The van der Waals surface area contributed by atoms with Crippen molar-refractivity contribution in [1.29, 1.82) is 5.41 Å². The molecule has 2 unspecified atom stereocenters. The summed E-state index contributed by atoms with van der Waals surface area (Å²) in [5, 5.41) is 19.3. The summed E-state index contributed by atoms with van der Waals surface area (Å²) in [4.78, 5) is 45.3. The van der Waals surface area contributed by atoms with E-state index in [4.69, 9.17) is 15.5 Å². The van der Waals surface area contributed by atoms with Crippen molar-refractivity contribution in [3.63, 3.8) is 0 Å². The Kier molecular flexibility index (Phi) is 9.60. The van der Waals surface area contributed by atoms with Crippen LogP contribution in [-0.4, -0.2) is 49.5 Å². The molecule has 0 saturated carbocycles. The minimum absolute atomic E-state index is 0.0227. The Labute approximate surface area is 247 Å². The second kappa shape index (κ2) is 13.1. The lowest BCUT2D eigenvalue weighted by Gasteiger charge is -2.39. The van der Waals surface area contributed by atoms with E-state index < -0.39 is 6.09 Å². The summed E-state index contributed by atoms with van der Waals surface area (Å²) < 4.78 is 1.71. The zero-order valence-corrected chi connectivity index (χ0v) is 25.1. The molecular formula is C33H41N5O4. The zero-order valence-electron chi connectivity index (χ0n) is 25.1. The van der Waals surface area contributed by atoms with Gasteiger partial charge in [-0.2, -0.15) is 0 Å². The van der Waals surface area contributed by atoms with Crippen LogP contribution < -0.4 is 10.9 Å². The van der Waals surface area contributed by atoms with Crippen LogP contribution in [0.3, 0.4) is 0 Å². The van der Waals surface area contributed by atoms with Crippen LogP contribution in [0.5, 0.6) is 0 Å². The molecule has 0 radical (unpaired) electrons. The topological polar surface area (TPSA) is 128 Å². The highest BCUT2D eigenvalue weighted by Gasteiger charge is 2.30. The van der Waals surface area contributed by atoms with Crippen LogP contribution in [0.4, 0.5) is 4.79 Å². The van der Waals surface area contributed by atoms with Gasteiger partial charge in [0.05, 0.1) is 13.0 Å². The standard InChI is InChI=1S/C33H41N5O4/c1-6-20(2)31-35-23(5)28(18-29(39)38-21(3)10-9-11-22(38)4)32(40)37(31)19-24-14-16-25(17-15-24)26-12-7-8-13-27(26)30(34)36-33(41)42/h7-8,12-17,20-22H,6,9-11,18-19H2,1-5H3,(H2,34,36)(H,41,42)/t20?,21-,22?/m0/s1. The van der Waals surface area contributed by atoms with Gasteiger partial charge in [-0.25, -0.2) is 9.78 Å². The van der Waals surface area contributed by atoms with E-state index in [1.54, 1.807) is 16.7 Å². The van der Waals surface area contributed by atoms with Gasteiger partial charge in [0.1, 0.15) is 11.7 Å². The molecule has 1 fully saturated rings. The summed E-state index contributed by atoms with van der Waals surface area (Å²) in [6.45, 7) is 10.4. The first-order valence-electron chi connectivity index (χ1n) is 14.7. The number of aryl methyl sites for hydroxylation is 1. The molecule has 1 saturated heterocycles. The van der Waals surface area contributed by atoms with Gasteiger partial charge in [0.15, 0.2) is 0 Å². The molecule has 0 bridgehead atoms. The predicted octanol–water partition coefficient (Wildman–Crippen LogP) is 5.71. The lowest BCUT2D eigenvalue weighted by molar-refractivity contribution is -0.136. The number of likely N-dealkylation sites (tertiary alicyclic amines) is 1. The SMILES string of the molecule is CCC(C)c1nc(C)c(CC(=O)N2C(C)CCC[C@@H]2C)c(=O)n1Cc1ccc(-c2ccccc2C(=N)NC(=O)O)cc1. The lowest BCUT2D eigenvalue weighted by Crippen LogP contribution is -2.48. The maximum atomic E-state index is 14.0. The van der Waals surface area contributed by atoms with Gasteiger partial charge in [0.2, 0.25) is 5.91 Å². The summed E-state index contributed by atoms with van der Waals surface area (Å²) in [6.07, 6.45) is 2.62. The monoisotopic (exact) mass is 571 g/mol. The van der Waals surface area contributed by atoms with Crippen LogP contribution in [0.15, 0.2) is 53.3 Å². The molecule has 0 spiro atoms. The van der Waals surface area contributed by atoms with Crippen molar-refractivity contribution >= 4 is 17.8 Å². The molecule has 222 valence electrons. The average Bonchev–Trinajstić information content (AvgIpc) is 2.96. The summed E-state index contributed by atoms with van der Waals surface area (Å²) in [5.41, 5.74) is 3.79. The van der Waals surface area contributed by atoms with Crippen LogP contribution in [-0.2, 0) is 17.8 Å². The van der Waals surface area contributed by atoms with Crippen molar-refractivity contribution in [3.05, 3.63) is 87.1 Å². The van der Waals surface area contributed by atoms with Crippen LogP contribution in [0.25, 0.3) is 11.1 Å². The van der Waals surface area contributed by atoms with Gasteiger partial charge in [-0.1, -0.05) is 62.4 Å². The molecule has 9 heteroatoms. The normalized spacial score (nSPS) is 17.5. The Hall–Kier alpha value is -4.27. The fourth-order valence-corrected chi connectivity index (χ4v) is 5.89. The number of amides is 2. The maximum absolute atomic E-state index is 14.0. The molecular weight excluding hydrogens is 530 g/mol. The first kappa shape index (κ1) is 30.7. The molecule has 3 atom stereocenters. The maximum Gasteiger partial charge on any atom is 0.410 e. The minimum atomic E-state index is -1.29. The summed E-state index contributed by atoms with van der Waals surface area (Å²) in [5.74, 6) is 0.541. The summed E-state index contributed by atoms with van der Waals surface area (Å²) >= 11 is 0. The van der Waals surface area contributed by atoms with Gasteiger partial charge in [-0.15, -0.1) is 0 Å².